The molecular formula is C18H25NO5S. The van der Waals surface area contributed by atoms with Gasteiger partial charge in [0.2, 0.25) is 0 Å². The highest BCUT2D eigenvalue weighted by molar-refractivity contribution is 7.99. The number of nitrogens with one attached hydrogen (secondary N) is 1. The molecular weight excluding hydrogens is 342 g/mol. The summed E-state index contributed by atoms with van der Waals surface area (Å²) in [5.41, 5.74) is 1.11. The van der Waals surface area contributed by atoms with E-state index in [9.17, 15) is 9.59 Å². The number of carbonyl (C=O) groups is 2. The molecule has 1 rings (SSSR count). The number of thioether (sulfide) groups is 1. The van der Waals surface area contributed by atoms with Gasteiger partial charge in [0, 0.05) is 17.5 Å². The first-order chi connectivity index (χ1) is 12.1. The molecule has 0 spiro atoms. The Morgan fingerprint density at radius 3 is 2.60 bits per heavy atom. The fourth-order valence-corrected chi connectivity index (χ4v) is 2.99. The van der Waals surface area contributed by atoms with Crippen LogP contribution in [-0.4, -0.2) is 44.2 Å². The second kappa shape index (κ2) is 12.2. The molecule has 1 N–H and O–H groups in total. The number of hydrogen-bond acceptors (Lipinski definition) is 6. The number of alkyl carbamates (subject to hydrolysis) is 1. The summed E-state index contributed by atoms with van der Waals surface area (Å²) in [5, 5.41) is 2.55. The Balaban J connectivity index is 2.54. The average Bonchev–Trinajstić information content (AvgIpc) is 2.62. The van der Waals surface area contributed by atoms with Crippen LogP contribution in [0.15, 0.2) is 36.9 Å². The monoisotopic (exact) mass is 367 g/mol. The second-order valence-corrected chi connectivity index (χ2v) is 6.35. The van der Waals surface area contributed by atoms with Crippen molar-refractivity contribution >= 4 is 23.8 Å². The lowest BCUT2D eigenvalue weighted by Crippen LogP contribution is -2.32. The van der Waals surface area contributed by atoms with E-state index in [1.807, 2.05) is 24.3 Å². The molecule has 6 nitrogen and oxygen atoms in total. The quantitative estimate of drug-likeness (QED) is 0.478. The average molecular weight is 367 g/mol. The van der Waals surface area contributed by atoms with Crippen LogP contribution in [0.25, 0.3) is 0 Å². The molecule has 0 saturated carbocycles. The van der Waals surface area contributed by atoms with Gasteiger partial charge in [-0.2, -0.15) is 11.8 Å². The number of rotatable bonds is 11. The van der Waals surface area contributed by atoms with Gasteiger partial charge in [0.1, 0.15) is 12.4 Å². The van der Waals surface area contributed by atoms with Crippen LogP contribution in [0.2, 0.25) is 0 Å². The predicted octanol–water partition coefficient (Wildman–Crippen LogP) is 3.16. The van der Waals surface area contributed by atoms with Gasteiger partial charge in [-0.1, -0.05) is 24.8 Å². The Bertz CT molecular complexity index is 547. The van der Waals surface area contributed by atoms with Gasteiger partial charge in [-0.25, -0.2) is 4.79 Å². The molecule has 1 atom stereocenters. The van der Waals surface area contributed by atoms with Gasteiger partial charge in [-0.15, -0.1) is 0 Å². The zero-order chi connectivity index (χ0) is 18.5. The van der Waals surface area contributed by atoms with Crippen LogP contribution in [-0.2, 0) is 20.0 Å². The number of benzene rings is 1. The van der Waals surface area contributed by atoms with E-state index >= 15 is 0 Å². The molecule has 138 valence electrons. The maximum absolute atomic E-state index is 11.8. The van der Waals surface area contributed by atoms with Gasteiger partial charge < -0.3 is 19.5 Å². The lowest BCUT2D eigenvalue weighted by atomic mass is 10.2. The van der Waals surface area contributed by atoms with Crippen LogP contribution < -0.4 is 10.1 Å². The van der Waals surface area contributed by atoms with E-state index in [1.165, 1.54) is 6.08 Å². The molecule has 25 heavy (non-hydrogen) atoms. The molecule has 0 aliphatic heterocycles. The summed E-state index contributed by atoms with van der Waals surface area (Å²) in [6.07, 6.45) is 1.18. The van der Waals surface area contributed by atoms with Crippen molar-refractivity contribution in [2.75, 3.05) is 26.9 Å². The van der Waals surface area contributed by atoms with Crippen LogP contribution in [0.3, 0.4) is 0 Å². The molecule has 1 aromatic carbocycles. The molecule has 0 heterocycles. The first-order valence-electron chi connectivity index (χ1n) is 8.00. The van der Waals surface area contributed by atoms with Gasteiger partial charge in [-0.3, -0.25) is 4.79 Å². The molecule has 0 aliphatic rings. The van der Waals surface area contributed by atoms with Crippen molar-refractivity contribution in [1.29, 1.82) is 0 Å². The summed E-state index contributed by atoms with van der Waals surface area (Å²) in [4.78, 5) is 23.3. The Hall–Kier alpha value is -2.15. The van der Waals surface area contributed by atoms with Crippen molar-refractivity contribution < 1.29 is 23.8 Å². The Morgan fingerprint density at radius 2 is 2.00 bits per heavy atom. The minimum Gasteiger partial charge on any atom is -0.497 e. The molecule has 1 amide bonds. The Labute approximate surface area is 152 Å². The summed E-state index contributed by atoms with van der Waals surface area (Å²) in [6.45, 7) is 6.05. The molecule has 7 heteroatoms. The molecule has 0 fully saturated rings. The molecule has 0 radical (unpaired) electrons. The minimum absolute atomic E-state index is 0.113. The number of esters is 1. The van der Waals surface area contributed by atoms with E-state index in [2.05, 4.69) is 11.9 Å². The predicted molar refractivity (Wildman–Crippen MR) is 98.9 cm³/mol. The fourth-order valence-electron chi connectivity index (χ4n) is 1.91. The van der Waals surface area contributed by atoms with Gasteiger partial charge in [0.15, 0.2) is 0 Å². The van der Waals surface area contributed by atoms with E-state index in [-0.39, 0.29) is 24.2 Å². The first kappa shape index (κ1) is 20.9. The first-order valence-corrected chi connectivity index (χ1v) is 9.05. The lowest BCUT2D eigenvalue weighted by Gasteiger charge is -2.16. The summed E-state index contributed by atoms with van der Waals surface area (Å²) < 4.78 is 15.0. The normalized spacial score (nSPS) is 11.3. The molecule has 0 unspecified atom stereocenters. The minimum atomic E-state index is -0.529. The third kappa shape index (κ3) is 9.05. The van der Waals surface area contributed by atoms with Gasteiger partial charge in [0.25, 0.3) is 0 Å². The summed E-state index contributed by atoms with van der Waals surface area (Å²) >= 11 is 1.58. The van der Waals surface area contributed by atoms with E-state index in [0.717, 1.165) is 11.3 Å². The fraction of sp³-hybridized carbons (Fsp3) is 0.444. The summed E-state index contributed by atoms with van der Waals surface area (Å²) in [5.74, 6) is 1.22. The van der Waals surface area contributed by atoms with E-state index in [4.69, 9.17) is 14.2 Å². The molecule has 0 aliphatic carbocycles. The maximum Gasteiger partial charge on any atom is 0.407 e. The number of amides is 1. The van der Waals surface area contributed by atoms with E-state index < -0.39 is 6.09 Å². The van der Waals surface area contributed by atoms with Gasteiger partial charge in [-0.05, 0) is 24.6 Å². The van der Waals surface area contributed by atoms with Crippen LogP contribution in [0.4, 0.5) is 4.79 Å². The molecule has 0 saturated heterocycles. The highest BCUT2D eigenvalue weighted by atomic mass is 32.2. The number of carbonyl (C=O) groups excluding carboxylic acids is 2. The maximum atomic E-state index is 11.8. The zero-order valence-corrected chi connectivity index (χ0v) is 15.5. The molecule has 1 aromatic rings. The van der Waals surface area contributed by atoms with Crippen LogP contribution in [0.1, 0.15) is 18.9 Å². The van der Waals surface area contributed by atoms with Gasteiger partial charge in [0.05, 0.1) is 20.1 Å². The molecule has 0 bridgehead atoms. The van der Waals surface area contributed by atoms with E-state index in [1.54, 1.807) is 25.8 Å². The van der Waals surface area contributed by atoms with Crippen LogP contribution >= 0.6 is 11.8 Å². The highest BCUT2D eigenvalue weighted by Crippen LogP contribution is 2.22. The number of methoxy groups -OCH3 is 1. The van der Waals surface area contributed by atoms with Crippen LogP contribution in [0.5, 0.6) is 5.75 Å². The Kier molecular flexibility index (Phi) is 10.2. The highest BCUT2D eigenvalue weighted by Gasteiger charge is 2.17. The largest absolute Gasteiger partial charge is 0.497 e. The second-order valence-electron chi connectivity index (χ2n) is 5.06. The lowest BCUT2D eigenvalue weighted by molar-refractivity contribution is -0.143. The van der Waals surface area contributed by atoms with Crippen molar-refractivity contribution in [3.8, 4) is 5.75 Å². The van der Waals surface area contributed by atoms with Crippen molar-refractivity contribution in [1.82, 2.24) is 5.32 Å². The van der Waals surface area contributed by atoms with Crippen molar-refractivity contribution in [3.05, 3.63) is 42.5 Å². The van der Waals surface area contributed by atoms with Crippen molar-refractivity contribution in [2.45, 2.75) is 24.3 Å². The smallest absolute Gasteiger partial charge is 0.407 e. The topological polar surface area (TPSA) is 73.9 Å². The van der Waals surface area contributed by atoms with Crippen molar-refractivity contribution in [2.24, 2.45) is 0 Å². The zero-order valence-electron chi connectivity index (χ0n) is 14.7. The summed E-state index contributed by atoms with van der Waals surface area (Å²) in [6, 6.07) is 7.72. The van der Waals surface area contributed by atoms with E-state index in [0.29, 0.717) is 18.9 Å². The SMILES string of the molecule is C=CCOC(=O)NC[C@@H](CC(=O)OCC)SCc1ccc(OC)cc1. The van der Waals surface area contributed by atoms with Crippen LogP contribution in [0, 0.1) is 0 Å². The summed E-state index contributed by atoms with van der Waals surface area (Å²) in [7, 11) is 1.62. The van der Waals surface area contributed by atoms with Gasteiger partial charge >= 0.3 is 12.1 Å². The standard InChI is InChI=1S/C18H25NO5S/c1-4-10-24-18(21)19-12-16(11-17(20)23-5-2)25-13-14-6-8-15(22-3)9-7-14/h4,6-9,16H,1,5,10-13H2,2-3H3,(H,19,21)/t16-/m1/s1. The third-order valence-electron chi connectivity index (χ3n) is 3.15. The van der Waals surface area contributed by atoms with Crippen molar-refractivity contribution in [3.63, 3.8) is 0 Å². The number of ether oxygens (including phenoxy) is 3. The Morgan fingerprint density at radius 1 is 1.28 bits per heavy atom. The number of hydrogen-bond donors (Lipinski definition) is 1. The third-order valence-corrected chi connectivity index (χ3v) is 4.46. The molecule has 0 aromatic heterocycles.